The fourth-order valence-corrected chi connectivity index (χ4v) is 5.71. The second-order valence-electron chi connectivity index (χ2n) is 10.7. The smallest absolute Gasteiger partial charge is 0.246 e. The van der Waals surface area contributed by atoms with Crippen LogP contribution in [0.4, 0.5) is 23.1 Å². The van der Waals surface area contributed by atoms with Crippen LogP contribution in [0.25, 0.3) is 0 Å². The maximum absolute atomic E-state index is 12.2. The minimum absolute atomic E-state index is 0.0164. The molecule has 0 bridgehead atoms. The van der Waals surface area contributed by atoms with Crippen LogP contribution in [0.5, 0.6) is 0 Å². The monoisotopic (exact) mass is 517 g/mol. The first-order valence-electron chi connectivity index (χ1n) is 13.4. The number of hydrogen-bond donors (Lipinski definition) is 2. The van der Waals surface area contributed by atoms with Gasteiger partial charge in [-0.05, 0) is 45.1 Å². The number of nitrogens with two attached hydrogens (primary N) is 1. The van der Waals surface area contributed by atoms with E-state index in [2.05, 4.69) is 47.2 Å². The van der Waals surface area contributed by atoms with Crippen LogP contribution in [0, 0.1) is 12.3 Å². The molecule has 1 amide bonds. The number of hydrogen-bond acceptors (Lipinski definition) is 9. The Morgan fingerprint density at radius 2 is 1.76 bits per heavy atom. The molecule has 1 aromatic heterocycles. The van der Waals surface area contributed by atoms with Gasteiger partial charge in [0.2, 0.25) is 11.9 Å². The van der Waals surface area contributed by atoms with E-state index in [1.165, 1.54) is 17.9 Å². The summed E-state index contributed by atoms with van der Waals surface area (Å²) in [4.78, 5) is 33.5. The number of aryl methyl sites for hydroxylation is 1. The van der Waals surface area contributed by atoms with Crippen molar-refractivity contribution in [1.29, 1.82) is 5.41 Å². The summed E-state index contributed by atoms with van der Waals surface area (Å²) in [6, 6.07) is 4.43. The molecule has 2 saturated heterocycles. The molecule has 10 nitrogen and oxygen atoms in total. The van der Waals surface area contributed by atoms with Crippen LogP contribution in [0.2, 0.25) is 0 Å². The van der Waals surface area contributed by atoms with E-state index < -0.39 is 0 Å². The van der Waals surface area contributed by atoms with Gasteiger partial charge in [0.25, 0.3) is 0 Å². The molecule has 0 atom stereocenters. The number of piperazine rings is 1. The highest BCUT2D eigenvalue weighted by Crippen LogP contribution is 2.34. The van der Waals surface area contributed by atoms with Crippen LogP contribution in [-0.4, -0.2) is 104 Å². The molecule has 5 rings (SSSR count). The van der Waals surface area contributed by atoms with E-state index in [0.29, 0.717) is 24.8 Å². The Balaban J connectivity index is 1.46. The van der Waals surface area contributed by atoms with Crippen LogP contribution < -0.4 is 20.4 Å². The second kappa shape index (κ2) is 10.6. The Labute approximate surface area is 225 Å². The second-order valence-corrected chi connectivity index (χ2v) is 10.7. The molecule has 3 N–H and O–H groups in total. The third kappa shape index (κ3) is 4.80. The van der Waals surface area contributed by atoms with Gasteiger partial charge in [-0.2, -0.15) is 4.98 Å². The Hall–Kier alpha value is -3.66. The van der Waals surface area contributed by atoms with Crippen molar-refractivity contribution in [1.82, 2.24) is 19.8 Å². The largest absolute Gasteiger partial charge is 0.398 e. The molecule has 38 heavy (non-hydrogen) atoms. The van der Waals surface area contributed by atoms with Crippen LogP contribution in [0.15, 0.2) is 24.8 Å². The van der Waals surface area contributed by atoms with E-state index in [9.17, 15) is 4.79 Å². The van der Waals surface area contributed by atoms with E-state index in [0.717, 1.165) is 86.4 Å². The van der Waals surface area contributed by atoms with Crippen molar-refractivity contribution in [3.05, 3.63) is 47.2 Å². The van der Waals surface area contributed by atoms with Crippen molar-refractivity contribution in [3.8, 4) is 0 Å². The highest BCUT2D eigenvalue weighted by molar-refractivity contribution is 5.94. The Bertz CT molecular complexity index is 1230. The van der Waals surface area contributed by atoms with Gasteiger partial charge in [-0.1, -0.05) is 12.6 Å². The van der Waals surface area contributed by atoms with E-state index in [4.69, 9.17) is 21.1 Å². The Morgan fingerprint density at radius 3 is 2.42 bits per heavy atom. The lowest BCUT2D eigenvalue weighted by Gasteiger charge is -2.43. The van der Waals surface area contributed by atoms with Crippen molar-refractivity contribution in [3.63, 3.8) is 0 Å². The summed E-state index contributed by atoms with van der Waals surface area (Å²) in [5.41, 5.74) is 12.1. The first-order chi connectivity index (χ1) is 18.3. The first-order valence-corrected chi connectivity index (χ1v) is 13.4. The zero-order valence-electron chi connectivity index (χ0n) is 22.8. The van der Waals surface area contributed by atoms with Gasteiger partial charge in [0.15, 0.2) is 0 Å². The summed E-state index contributed by atoms with van der Waals surface area (Å²) in [6.07, 6.45) is 4.37. The molecule has 0 spiro atoms. The number of benzene rings is 1. The lowest BCUT2D eigenvalue weighted by Crippen LogP contribution is -2.58. The zero-order valence-corrected chi connectivity index (χ0v) is 22.8. The van der Waals surface area contributed by atoms with Crippen molar-refractivity contribution >= 4 is 35.3 Å². The number of carbonyl (C=O) groups is 1. The van der Waals surface area contributed by atoms with Gasteiger partial charge in [-0.3, -0.25) is 4.79 Å². The summed E-state index contributed by atoms with van der Waals surface area (Å²) in [6.45, 7) is 11.9. The lowest BCUT2D eigenvalue weighted by molar-refractivity contribution is -0.126. The molecule has 2 aromatic rings. The fourth-order valence-electron chi connectivity index (χ4n) is 5.71. The van der Waals surface area contributed by atoms with Crippen LogP contribution in [-0.2, 0) is 17.6 Å². The van der Waals surface area contributed by atoms with Crippen molar-refractivity contribution in [2.45, 2.75) is 25.8 Å². The number of amides is 1. The van der Waals surface area contributed by atoms with Gasteiger partial charge in [0.05, 0.1) is 11.4 Å². The number of nitrogens with zero attached hydrogens (tertiary/aromatic N) is 7. The summed E-state index contributed by atoms with van der Waals surface area (Å²) >= 11 is 0. The van der Waals surface area contributed by atoms with Crippen LogP contribution >= 0.6 is 0 Å². The van der Waals surface area contributed by atoms with Crippen LogP contribution in [0.3, 0.4) is 0 Å². The lowest BCUT2D eigenvalue weighted by atomic mass is 10.0. The molecule has 4 heterocycles. The number of anilines is 4. The molecule has 0 saturated carbocycles. The number of nitrogens with one attached hydrogen (secondary N) is 1. The predicted molar refractivity (Wildman–Crippen MR) is 154 cm³/mol. The average Bonchev–Trinajstić information content (AvgIpc) is 3.10. The summed E-state index contributed by atoms with van der Waals surface area (Å²) in [7, 11) is 4.23. The maximum atomic E-state index is 12.2. The molecular formula is C28H39N9O. The van der Waals surface area contributed by atoms with Gasteiger partial charge in [-0.15, -0.1) is 0 Å². The molecule has 3 aliphatic heterocycles. The van der Waals surface area contributed by atoms with Gasteiger partial charge in [0.1, 0.15) is 5.82 Å². The highest BCUT2D eigenvalue weighted by atomic mass is 16.2. The molecular weight excluding hydrogens is 478 g/mol. The topological polar surface area (TPSA) is 109 Å². The van der Waals surface area contributed by atoms with Crippen molar-refractivity contribution in [2.75, 3.05) is 86.9 Å². The number of nitrogen functional groups attached to an aromatic ring is 1. The fraction of sp³-hybridized carbons (Fsp3) is 0.500. The van der Waals surface area contributed by atoms with Crippen LogP contribution in [0.1, 0.15) is 22.4 Å². The maximum Gasteiger partial charge on any atom is 0.246 e. The number of rotatable bonds is 6. The standard InChI is InChI=1S/C28H39N9O/c1-5-25(38)34-12-14-36(15-13-34)27-21-8-10-35(26-19(2)6-7-23(30)22(26)16-29)11-9-24(21)31-28(32-27)37-17-20(18-37)33(3)4/h5-7,16,20,29H,1,8-15,17-18,30H2,2-4H3. The van der Waals surface area contributed by atoms with Gasteiger partial charge in [-0.25, -0.2) is 4.98 Å². The number of aromatic nitrogens is 2. The molecule has 1 aromatic carbocycles. The summed E-state index contributed by atoms with van der Waals surface area (Å²) in [5, 5.41) is 8.00. The van der Waals surface area contributed by atoms with Crippen molar-refractivity contribution < 1.29 is 4.79 Å². The summed E-state index contributed by atoms with van der Waals surface area (Å²) in [5.74, 6) is 1.79. The van der Waals surface area contributed by atoms with E-state index >= 15 is 0 Å². The van der Waals surface area contributed by atoms with Gasteiger partial charge < -0.3 is 35.6 Å². The Kier molecular flexibility index (Phi) is 7.25. The number of fused-ring (bicyclic) bond motifs is 1. The van der Waals surface area contributed by atoms with Gasteiger partial charge >= 0.3 is 0 Å². The number of likely N-dealkylation sites (N-methyl/N-ethyl adjacent to an activating group) is 1. The third-order valence-corrected chi connectivity index (χ3v) is 8.16. The minimum Gasteiger partial charge on any atom is -0.398 e. The Morgan fingerprint density at radius 1 is 1.05 bits per heavy atom. The molecule has 0 unspecified atom stereocenters. The molecule has 202 valence electrons. The first kappa shape index (κ1) is 26.0. The van der Waals surface area contributed by atoms with Gasteiger partial charge in [0, 0.05) is 87.8 Å². The predicted octanol–water partition coefficient (Wildman–Crippen LogP) is 1.55. The quantitative estimate of drug-likeness (QED) is 0.338. The SMILES string of the molecule is C=CC(=O)N1CCN(c2nc(N3CC(N(C)C)C3)nc3c2CCN(c2c(C)ccc(N)c2C=N)CC3)CC1. The summed E-state index contributed by atoms with van der Waals surface area (Å²) < 4.78 is 0. The normalized spacial score (nSPS) is 18.2. The molecule has 3 aliphatic rings. The average molecular weight is 518 g/mol. The van der Waals surface area contributed by atoms with E-state index in [1.807, 2.05) is 17.0 Å². The third-order valence-electron chi connectivity index (χ3n) is 8.16. The van der Waals surface area contributed by atoms with Crippen molar-refractivity contribution in [2.24, 2.45) is 0 Å². The van der Waals surface area contributed by atoms with E-state index in [-0.39, 0.29) is 5.91 Å². The molecule has 10 heteroatoms. The highest BCUT2D eigenvalue weighted by Gasteiger charge is 2.33. The van der Waals surface area contributed by atoms with E-state index in [1.54, 1.807) is 0 Å². The molecule has 2 fully saturated rings. The number of carbonyl (C=O) groups excluding carboxylic acids is 1. The zero-order chi connectivity index (χ0) is 27.0. The minimum atomic E-state index is -0.0164. The molecule has 0 radical (unpaired) electrons. The molecule has 0 aliphatic carbocycles.